The average Bonchev–Trinajstić information content (AvgIpc) is 3.35. The largest absolute Gasteiger partial charge is 0.457 e. The molecule has 2 aromatic carbocycles. The standard InChI is InChI=1S/C31H35N5O4S/c1-3-25(37)33-21-11-7-8-12-22(21)34-29(38)28-27-26-24(15-16-32-30(26)41-28)36(31(39)35-27)23-14-13-20(17-18(23)2)40-19-9-5-4-6-10-19/h3-6,9-10,13-14,17,21-22,24,26,30,32H,1,7-8,11-12,15-16H2,2H3,(H,33,37)(H,34,38)(H,35,39)/t21-,22-,24?,26?,30?/m1/s1. The number of nitrogens with zero attached hydrogens (tertiary/aromatic N) is 1. The van der Waals surface area contributed by atoms with Gasteiger partial charge in [0.05, 0.1) is 16.3 Å². The zero-order valence-electron chi connectivity index (χ0n) is 23.0. The van der Waals surface area contributed by atoms with Crippen LogP contribution in [0.3, 0.4) is 0 Å². The quantitative estimate of drug-likeness (QED) is 0.368. The number of para-hydroxylation sites is 1. The molecule has 41 heavy (non-hydrogen) atoms. The minimum atomic E-state index is -0.235. The molecule has 5 atom stereocenters. The number of thioether (sulfide) groups is 1. The fourth-order valence-corrected chi connectivity index (χ4v) is 7.84. The van der Waals surface area contributed by atoms with E-state index in [0.29, 0.717) is 16.4 Å². The number of carbonyl (C=O) groups excluding carboxylic acids is 3. The van der Waals surface area contributed by atoms with E-state index in [2.05, 4.69) is 27.8 Å². The predicted octanol–water partition coefficient (Wildman–Crippen LogP) is 4.31. The minimum Gasteiger partial charge on any atom is -0.457 e. The molecule has 6 rings (SSSR count). The Morgan fingerprint density at radius 1 is 1.05 bits per heavy atom. The molecule has 0 spiro atoms. The molecule has 0 radical (unpaired) electrons. The predicted molar refractivity (Wildman–Crippen MR) is 160 cm³/mol. The Morgan fingerprint density at radius 2 is 1.80 bits per heavy atom. The van der Waals surface area contributed by atoms with Crippen molar-refractivity contribution in [1.82, 2.24) is 21.3 Å². The van der Waals surface area contributed by atoms with Gasteiger partial charge >= 0.3 is 6.03 Å². The van der Waals surface area contributed by atoms with Crippen molar-refractivity contribution in [2.75, 3.05) is 11.4 Å². The Labute approximate surface area is 244 Å². The number of nitrogens with one attached hydrogen (secondary N) is 4. The van der Waals surface area contributed by atoms with Gasteiger partial charge in [-0.05, 0) is 74.7 Å². The summed E-state index contributed by atoms with van der Waals surface area (Å²) in [5, 5.41) is 12.8. The highest BCUT2D eigenvalue weighted by Crippen LogP contribution is 2.48. The van der Waals surface area contributed by atoms with Crippen molar-refractivity contribution in [2.45, 2.75) is 62.5 Å². The lowest BCUT2D eigenvalue weighted by Crippen LogP contribution is -2.62. The van der Waals surface area contributed by atoms with Gasteiger partial charge in [-0.2, -0.15) is 0 Å². The number of aryl methyl sites for hydroxylation is 1. The molecule has 1 saturated carbocycles. The van der Waals surface area contributed by atoms with E-state index in [0.717, 1.165) is 55.6 Å². The SMILES string of the molecule is C=CC(=O)N[C@@H]1CCCC[C@H]1NC(=O)C1=C2NC(=O)N(c3ccc(Oc4ccccc4)cc3C)C3CCNC(S1)C23. The van der Waals surface area contributed by atoms with Crippen molar-refractivity contribution in [2.24, 2.45) is 5.92 Å². The van der Waals surface area contributed by atoms with Crippen LogP contribution in [0.15, 0.2) is 71.8 Å². The van der Waals surface area contributed by atoms with Crippen LogP contribution in [0.5, 0.6) is 11.5 Å². The molecule has 9 nitrogen and oxygen atoms in total. The fraction of sp³-hybridized carbons (Fsp3) is 0.387. The third kappa shape index (κ3) is 5.46. The zero-order valence-corrected chi connectivity index (χ0v) is 23.8. The Morgan fingerprint density at radius 3 is 2.54 bits per heavy atom. The second-order valence-corrected chi connectivity index (χ2v) is 12.1. The van der Waals surface area contributed by atoms with E-state index < -0.39 is 0 Å². The molecule has 4 amide bonds. The van der Waals surface area contributed by atoms with Crippen LogP contribution in [0.4, 0.5) is 10.5 Å². The topological polar surface area (TPSA) is 112 Å². The van der Waals surface area contributed by atoms with Gasteiger partial charge in [-0.15, -0.1) is 0 Å². The van der Waals surface area contributed by atoms with Crippen LogP contribution in [-0.2, 0) is 9.59 Å². The highest BCUT2D eigenvalue weighted by molar-refractivity contribution is 8.04. The summed E-state index contributed by atoms with van der Waals surface area (Å²) >= 11 is 1.49. The first kappa shape index (κ1) is 27.4. The Bertz CT molecular complexity index is 1400. The number of rotatable bonds is 7. The van der Waals surface area contributed by atoms with E-state index >= 15 is 0 Å². The summed E-state index contributed by atoms with van der Waals surface area (Å²) in [5.74, 6) is 0.981. The molecule has 214 valence electrons. The molecule has 4 N–H and O–H groups in total. The van der Waals surface area contributed by atoms with Crippen LogP contribution >= 0.6 is 11.8 Å². The van der Waals surface area contributed by atoms with Gasteiger partial charge in [0, 0.05) is 29.4 Å². The molecule has 1 aliphatic carbocycles. The van der Waals surface area contributed by atoms with Gasteiger partial charge in [0.25, 0.3) is 5.91 Å². The maximum absolute atomic E-state index is 13.7. The minimum absolute atomic E-state index is 0.0174. The number of benzene rings is 2. The van der Waals surface area contributed by atoms with Gasteiger partial charge in [-0.25, -0.2) is 4.79 Å². The van der Waals surface area contributed by atoms with E-state index in [1.54, 1.807) is 0 Å². The molecule has 3 unspecified atom stereocenters. The van der Waals surface area contributed by atoms with Crippen LogP contribution in [-0.4, -0.2) is 47.9 Å². The van der Waals surface area contributed by atoms with Gasteiger partial charge in [0.1, 0.15) is 11.5 Å². The van der Waals surface area contributed by atoms with Crippen molar-refractivity contribution in [3.63, 3.8) is 0 Å². The van der Waals surface area contributed by atoms with Gasteiger partial charge in [-0.1, -0.05) is 49.4 Å². The summed E-state index contributed by atoms with van der Waals surface area (Å²) in [5.41, 5.74) is 2.46. The molecule has 2 aromatic rings. The number of ether oxygens (including phenoxy) is 1. The van der Waals surface area contributed by atoms with Crippen molar-refractivity contribution < 1.29 is 19.1 Å². The van der Waals surface area contributed by atoms with E-state index in [4.69, 9.17) is 4.74 Å². The maximum atomic E-state index is 13.7. The summed E-state index contributed by atoms with van der Waals surface area (Å²) in [6.45, 7) is 6.28. The first-order valence-electron chi connectivity index (χ1n) is 14.2. The lowest BCUT2D eigenvalue weighted by Gasteiger charge is -2.46. The van der Waals surface area contributed by atoms with Crippen molar-refractivity contribution in [3.8, 4) is 11.5 Å². The average molecular weight is 574 g/mol. The zero-order chi connectivity index (χ0) is 28.5. The lowest BCUT2D eigenvalue weighted by molar-refractivity contribution is -0.120. The molecule has 10 heteroatoms. The summed E-state index contributed by atoms with van der Waals surface area (Å²) in [6, 6.07) is 14.8. The summed E-state index contributed by atoms with van der Waals surface area (Å²) in [4.78, 5) is 41.7. The number of hydrogen-bond acceptors (Lipinski definition) is 6. The number of urea groups is 1. The highest BCUT2D eigenvalue weighted by atomic mass is 32.2. The van der Waals surface area contributed by atoms with Gasteiger partial charge in [0.15, 0.2) is 0 Å². The van der Waals surface area contributed by atoms with Crippen molar-refractivity contribution in [3.05, 3.63) is 77.4 Å². The van der Waals surface area contributed by atoms with Gasteiger partial charge in [0.2, 0.25) is 5.91 Å². The van der Waals surface area contributed by atoms with E-state index in [1.165, 1.54) is 17.8 Å². The molecule has 3 aliphatic heterocycles. The first-order valence-corrected chi connectivity index (χ1v) is 15.1. The molecule has 2 saturated heterocycles. The Hall–Kier alpha value is -3.76. The normalized spacial score (nSPS) is 27.0. The number of piperidine rings is 1. The maximum Gasteiger partial charge on any atom is 0.326 e. The van der Waals surface area contributed by atoms with Crippen LogP contribution < -0.4 is 30.9 Å². The highest BCUT2D eigenvalue weighted by Gasteiger charge is 2.52. The van der Waals surface area contributed by atoms with E-state index in [1.807, 2.05) is 60.4 Å². The number of carbonyl (C=O) groups is 3. The number of amides is 4. The molecular formula is C31H35N5O4S. The van der Waals surface area contributed by atoms with Crippen LogP contribution in [0.2, 0.25) is 0 Å². The summed E-state index contributed by atoms with van der Waals surface area (Å²) in [6.07, 6.45) is 5.61. The van der Waals surface area contributed by atoms with Crippen LogP contribution in [0.1, 0.15) is 37.7 Å². The molecule has 0 bridgehead atoms. The Kier molecular flexibility index (Phi) is 7.77. The first-order chi connectivity index (χ1) is 19.9. The third-order valence-electron chi connectivity index (χ3n) is 8.35. The number of anilines is 1. The smallest absolute Gasteiger partial charge is 0.326 e. The third-order valence-corrected chi connectivity index (χ3v) is 9.70. The molecule has 4 aliphatic rings. The monoisotopic (exact) mass is 573 g/mol. The molecule has 3 heterocycles. The van der Waals surface area contributed by atoms with Gasteiger partial charge in [-0.3, -0.25) is 14.5 Å². The second kappa shape index (κ2) is 11.6. The molecular weight excluding hydrogens is 538 g/mol. The molecule has 3 fully saturated rings. The summed E-state index contributed by atoms with van der Waals surface area (Å²) in [7, 11) is 0. The van der Waals surface area contributed by atoms with Crippen molar-refractivity contribution in [1.29, 1.82) is 0 Å². The molecule has 0 aromatic heterocycles. The van der Waals surface area contributed by atoms with Gasteiger partial charge < -0.3 is 26.0 Å². The van der Waals surface area contributed by atoms with Crippen LogP contribution in [0, 0.1) is 12.8 Å². The Balaban J connectivity index is 1.23. The van der Waals surface area contributed by atoms with E-state index in [-0.39, 0.29) is 47.3 Å². The van der Waals surface area contributed by atoms with Crippen LogP contribution in [0.25, 0.3) is 0 Å². The van der Waals surface area contributed by atoms with Crippen molar-refractivity contribution >= 4 is 35.3 Å². The fourth-order valence-electron chi connectivity index (χ4n) is 6.44. The number of hydrogen-bond donors (Lipinski definition) is 4. The lowest BCUT2D eigenvalue weighted by atomic mass is 9.86. The second-order valence-electron chi connectivity index (χ2n) is 11.0. The summed E-state index contributed by atoms with van der Waals surface area (Å²) < 4.78 is 6.00. The van der Waals surface area contributed by atoms with E-state index in [9.17, 15) is 14.4 Å².